The molecule has 1 aromatic rings. The van der Waals surface area contributed by atoms with Gasteiger partial charge in [-0.05, 0) is 24.1 Å². The molecule has 21 heavy (non-hydrogen) atoms. The Morgan fingerprint density at radius 2 is 1.90 bits per heavy atom. The summed E-state index contributed by atoms with van der Waals surface area (Å²) in [6.07, 6.45) is 1.27. The van der Waals surface area contributed by atoms with Gasteiger partial charge in [0.1, 0.15) is 4.99 Å². The van der Waals surface area contributed by atoms with Crippen molar-refractivity contribution in [3.05, 3.63) is 34.9 Å². The zero-order valence-electron chi connectivity index (χ0n) is 12.4. The first-order valence-corrected chi connectivity index (χ1v) is 9.10. The number of nitrogens with two attached hydrogens (primary N) is 1. The normalized spacial score (nSPS) is 17.8. The molecule has 1 aliphatic heterocycles. The molecule has 0 amide bonds. The van der Waals surface area contributed by atoms with Gasteiger partial charge in [0, 0.05) is 38.3 Å². The predicted molar refractivity (Wildman–Crippen MR) is 88.8 cm³/mol. The summed E-state index contributed by atoms with van der Waals surface area (Å²) in [5.41, 5.74) is 8.90. The van der Waals surface area contributed by atoms with Gasteiger partial charge in [-0.2, -0.15) is 4.31 Å². The molecule has 1 aromatic carbocycles. The summed E-state index contributed by atoms with van der Waals surface area (Å²) in [7, 11) is -3.07. The summed E-state index contributed by atoms with van der Waals surface area (Å²) >= 11 is 4.98. The molecular formula is C14H21N3O2S2. The Bertz CT molecular complexity index is 636. The van der Waals surface area contributed by atoms with Crippen LogP contribution in [0.25, 0.3) is 0 Å². The average Bonchev–Trinajstić information content (AvgIpc) is 2.40. The monoisotopic (exact) mass is 327 g/mol. The quantitative estimate of drug-likeness (QED) is 0.825. The van der Waals surface area contributed by atoms with E-state index >= 15 is 0 Å². The maximum atomic E-state index is 11.5. The van der Waals surface area contributed by atoms with Crippen LogP contribution in [0.4, 0.5) is 0 Å². The lowest BCUT2D eigenvalue weighted by Gasteiger charge is -2.33. The lowest BCUT2D eigenvalue weighted by atomic mass is 10.0. The summed E-state index contributed by atoms with van der Waals surface area (Å²) in [5.74, 6) is 0. The van der Waals surface area contributed by atoms with Gasteiger partial charge in [0.05, 0.1) is 6.26 Å². The van der Waals surface area contributed by atoms with E-state index in [-0.39, 0.29) is 0 Å². The number of hydrogen-bond donors (Lipinski definition) is 1. The number of hydrogen-bond acceptors (Lipinski definition) is 4. The van der Waals surface area contributed by atoms with E-state index in [9.17, 15) is 8.42 Å². The highest BCUT2D eigenvalue weighted by Crippen LogP contribution is 2.15. The Morgan fingerprint density at radius 1 is 1.29 bits per heavy atom. The molecule has 2 rings (SSSR count). The Labute approximate surface area is 131 Å². The fourth-order valence-corrected chi connectivity index (χ4v) is 3.44. The molecule has 116 valence electrons. The van der Waals surface area contributed by atoms with Crippen LogP contribution in [0.15, 0.2) is 18.2 Å². The lowest BCUT2D eigenvalue weighted by Crippen LogP contribution is -2.47. The second-order valence-corrected chi connectivity index (χ2v) is 7.87. The van der Waals surface area contributed by atoms with Crippen LogP contribution in [0.1, 0.15) is 16.7 Å². The van der Waals surface area contributed by atoms with Crippen LogP contribution < -0.4 is 5.73 Å². The molecule has 0 radical (unpaired) electrons. The molecule has 1 saturated heterocycles. The van der Waals surface area contributed by atoms with Gasteiger partial charge in [-0.1, -0.05) is 24.4 Å². The van der Waals surface area contributed by atoms with Gasteiger partial charge in [0.2, 0.25) is 10.0 Å². The Balaban J connectivity index is 1.99. The van der Waals surface area contributed by atoms with Crippen molar-refractivity contribution in [3.8, 4) is 0 Å². The van der Waals surface area contributed by atoms with E-state index in [1.165, 1.54) is 16.1 Å². The smallest absolute Gasteiger partial charge is 0.211 e. The van der Waals surface area contributed by atoms with Crippen LogP contribution in [-0.4, -0.2) is 55.0 Å². The molecule has 1 heterocycles. The van der Waals surface area contributed by atoms with Gasteiger partial charge < -0.3 is 5.73 Å². The minimum atomic E-state index is -3.07. The minimum Gasteiger partial charge on any atom is -0.389 e. The summed E-state index contributed by atoms with van der Waals surface area (Å²) < 4.78 is 24.5. The number of benzene rings is 1. The SMILES string of the molecule is Cc1cc(C(N)=S)ccc1CN1CCN(S(C)(=O)=O)CC1. The second kappa shape index (κ2) is 6.39. The maximum absolute atomic E-state index is 11.5. The molecule has 7 heteroatoms. The van der Waals surface area contributed by atoms with Crippen LogP contribution in [0.2, 0.25) is 0 Å². The minimum absolute atomic E-state index is 0.409. The van der Waals surface area contributed by atoms with Gasteiger partial charge in [-0.3, -0.25) is 4.90 Å². The molecule has 2 N–H and O–H groups in total. The number of thiocarbonyl (C=S) groups is 1. The third-order valence-corrected chi connectivity index (χ3v) is 5.36. The van der Waals surface area contributed by atoms with Crippen molar-refractivity contribution in [1.82, 2.24) is 9.21 Å². The highest BCUT2D eigenvalue weighted by molar-refractivity contribution is 7.88. The van der Waals surface area contributed by atoms with Crippen LogP contribution in [0.3, 0.4) is 0 Å². The number of nitrogens with zero attached hydrogens (tertiary/aromatic N) is 2. The van der Waals surface area contributed by atoms with E-state index < -0.39 is 10.0 Å². The fraction of sp³-hybridized carbons (Fsp3) is 0.500. The molecule has 1 fully saturated rings. The predicted octanol–water partition coefficient (Wildman–Crippen LogP) is 0.706. The highest BCUT2D eigenvalue weighted by atomic mass is 32.2. The van der Waals surface area contributed by atoms with Crippen LogP contribution in [-0.2, 0) is 16.6 Å². The molecule has 0 unspecified atom stereocenters. The number of aryl methyl sites for hydroxylation is 1. The van der Waals surface area contributed by atoms with Crippen LogP contribution in [0.5, 0.6) is 0 Å². The van der Waals surface area contributed by atoms with E-state index in [2.05, 4.69) is 4.90 Å². The fourth-order valence-electron chi connectivity index (χ4n) is 2.49. The number of sulfonamides is 1. The number of rotatable bonds is 4. The van der Waals surface area contributed by atoms with E-state index in [4.69, 9.17) is 18.0 Å². The molecular weight excluding hydrogens is 306 g/mol. The third kappa shape index (κ3) is 4.23. The molecule has 0 spiro atoms. The third-order valence-electron chi connectivity index (χ3n) is 3.82. The molecule has 0 aromatic heterocycles. The lowest BCUT2D eigenvalue weighted by molar-refractivity contribution is 0.182. The van der Waals surface area contributed by atoms with E-state index in [1.54, 1.807) is 0 Å². The largest absolute Gasteiger partial charge is 0.389 e. The molecule has 0 atom stereocenters. The molecule has 1 aliphatic rings. The van der Waals surface area contributed by atoms with Gasteiger partial charge in [-0.25, -0.2) is 8.42 Å². The summed E-state index contributed by atoms with van der Waals surface area (Å²) in [4.78, 5) is 2.68. The van der Waals surface area contributed by atoms with Gasteiger partial charge in [-0.15, -0.1) is 0 Å². The first kappa shape index (κ1) is 16.4. The van der Waals surface area contributed by atoms with Crippen LogP contribution >= 0.6 is 12.2 Å². The topological polar surface area (TPSA) is 66.6 Å². The van der Waals surface area contributed by atoms with Crippen molar-refractivity contribution in [2.75, 3.05) is 32.4 Å². The second-order valence-electron chi connectivity index (χ2n) is 5.44. The number of piperazine rings is 1. The van der Waals surface area contributed by atoms with Crippen molar-refractivity contribution in [3.63, 3.8) is 0 Å². The molecule has 0 bridgehead atoms. The van der Waals surface area contributed by atoms with E-state index in [0.717, 1.165) is 30.8 Å². The van der Waals surface area contributed by atoms with Crippen molar-refractivity contribution in [2.24, 2.45) is 5.73 Å². The van der Waals surface area contributed by atoms with Gasteiger partial charge in [0.25, 0.3) is 0 Å². The van der Waals surface area contributed by atoms with Crippen molar-refractivity contribution >= 4 is 27.2 Å². The zero-order chi connectivity index (χ0) is 15.6. The summed E-state index contributed by atoms with van der Waals surface area (Å²) in [6, 6.07) is 5.99. The van der Waals surface area contributed by atoms with Gasteiger partial charge >= 0.3 is 0 Å². The van der Waals surface area contributed by atoms with Crippen molar-refractivity contribution < 1.29 is 8.42 Å². The zero-order valence-corrected chi connectivity index (χ0v) is 14.0. The molecule has 0 aliphatic carbocycles. The first-order valence-electron chi connectivity index (χ1n) is 6.84. The Kier molecular flexibility index (Phi) is 4.98. The van der Waals surface area contributed by atoms with E-state index in [1.807, 2.05) is 25.1 Å². The Morgan fingerprint density at radius 3 is 2.38 bits per heavy atom. The Hall–Kier alpha value is -1.02. The molecule has 5 nitrogen and oxygen atoms in total. The van der Waals surface area contributed by atoms with Crippen LogP contribution in [0, 0.1) is 6.92 Å². The first-order chi connectivity index (χ1) is 9.77. The van der Waals surface area contributed by atoms with Crippen molar-refractivity contribution in [2.45, 2.75) is 13.5 Å². The summed E-state index contributed by atoms with van der Waals surface area (Å²) in [5, 5.41) is 0. The highest BCUT2D eigenvalue weighted by Gasteiger charge is 2.23. The summed E-state index contributed by atoms with van der Waals surface area (Å²) in [6.45, 7) is 5.49. The van der Waals surface area contributed by atoms with Gasteiger partial charge in [0.15, 0.2) is 0 Å². The van der Waals surface area contributed by atoms with E-state index in [0.29, 0.717) is 18.1 Å². The molecule has 0 saturated carbocycles. The maximum Gasteiger partial charge on any atom is 0.211 e. The standard InChI is InChI=1S/C14H21N3O2S2/c1-11-9-12(14(15)20)3-4-13(11)10-16-5-7-17(8-6-16)21(2,18)19/h3-4,9H,5-8,10H2,1-2H3,(H2,15,20). The van der Waals surface area contributed by atoms with Crippen molar-refractivity contribution in [1.29, 1.82) is 0 Å². The average molecular weight is 327 g/mol.